The van der Waals surface area contributed by atoms with Gasteiger partial charge in [0.05, 0.1) is 31.0 Å². The lowest BCUT2D eigenvalue weighted by molar-refractivity contribution is 0.111. The summed E-state index contributed by atoms with van der Waals surface area (Å²) in [5, 5.41) is 8.27. The minimum absolute atomic E-state index is 0.672. The molecule has 0 amide bonds. The van der Waals surface area contributed by atoms with Gasteiger partial charge in [-0.2, -0.15) is 5.10 Å². The number of nitrogens with one attached hydrogen (secondary N) is 1. The minimum Gasteiger partial charge on any atom is -0.383 e. The summed E-state index contributed by atoms with van der Waals surface area (Å²) in [6, 6.07) is 6.37. The Balaban J connectivity index is 1.64. The monoisotopic (exact) mass is 277 g/mol. The number of rotatable bonds is 4. The second-order valence-electron chi connectivity index (χ2n) is 4.59. The molecule has 19 heavy (non-hydrogen) atoms. The highest BCUT2D eigenvalue weighted by Gasteiger charge is 2.12. The third-order valence-corrected chi connectivity index (χ3v) is 3.49. The summed E-state index contributed by atoms with van der Waals surface area (Å²) in [6.07, 6.45) is 4.48. The first-order valence-electron chi connectivity index (χ1n) is 6.43. The molecule has 0 spiro atoms. The number of ether oxygens (including phenoxy) is 1. The summed E-state index contributed by atoms with van der Waals surface area (Å²) in [7, 11) is 0. The smallest absolute Gasteiger partial charge is 0.0785 e. The van der Waals surface area contributed by atoms with E-state index in [0.29, 0.717) is 11.6 Å². The van der Waals surface area contributed by atoms with Crippen molar-refractivity contribution in [3.05, 3.63) is 46.7 Å². The van der Waals surface area contributed by atoms with E-state index in [9.17, 15) is 0 Å². The van der Waals surface area contributed by atoms with Crippen molar-refractivity contribution in [2.24, 2.45) is 0 Å². The Morgan fingerprint density at radius 1 is 1.42 bits per heavy atom. The van der Waals surface area contributed by atoms with Gasteiger partial charge in [0.1, 0.15) is 0 Å². The summed E-state index contributed by atoms with van der Waals surface area (Å²) in [4.78, 5) is 0. The minimum atomic E-state index is 0.672. The molecule has 2 heterocycles. The summed E-state index contributed by atoms with van der Waals surface area (Å²) in [5.74, 6) is 0. The van der Waals surface area contributed by atoms with Gasteiger partial charge >= 0.3 is 0 Å². The van der Waals surface area contributed by atoms with Gasteiger partial charge in [-0.05, 0) is 18.1 Å². The fourth-order valence-electron chi connectivity index (χ4n) is 2.33. The Morgan fingerprint density at radius 2 is 2.37 bits per heavy atom. The standard InChI is InChI=1S/C14H16ClN3O/c15-12-8-17-18(9-12)6-5-16-14-3-1-2-11-4-7-19-10-13(11)14/h1-3,8-9,16H,4-7,10H2. The number of nitrogens with zero attached hydrogens (tertiary/aromatic N) is 2. The fraction of sp³-hybridized carbons (Fsp3) is 0.357. The SMILES string of the molecule is Clc1cnn(CCNc2cccc3c2COCC3)c1. The van der Waals surface area contributed by atoms with Crippen molar-refractivity contribution >= 4 is 17.3 Å². The van der Waals surface area contributed by atoms with Crippen LogP contribution in [-0.2, 0) is 24.3 Å². The van der Waals surface area contributed by atoms with E-state index in [1.807, 2.05) is 10.9 Å². The molecule has 1 aromatic carbocycles. The van der Waals surface area contributed by atoms with Crippen LogP contribution in [0, 0.1) is 0 Å². The van der Waals surface area contributed by atoms with Crippen LogP contribution < -0.4 is 5.32 Å². The zero-order valence-electron chi connectivity index (χ0n) is 10.6. The van der Waals surface area contributed by atoms with Crippen molar-refractivity contribution in [2.75, 3.05) is 18.5 Å². The number of fused-ring (bicyclic) bond motifs is 1. The zero-order valence-corrected chi connectivity index (χ0v) is 11.4. The summed E-state index contributed by atoms with van der Waals surface area (Å²) in [5.41, 5.74) is 3.83. The maximum atomic E-state index is 5.83. The van der Waals surface area contributed by atoms with Crippen molar-refractivity contribution in [2.45, 2.75) is 19.6 Å². The molecule has 0 fully saturated rings. The van der Waals surface area contributed by atoms with E-state index >= 15 is 0 Å². The lowest BCUT2D eigenvalue weighted by Gasteiger charge is -2.20. The highest BCUT2D eigenvalue weighted by atomic mass is 35.5. The number of hydrogen-bond donors (Lipinski definition) is 1. The first-order chi connectivity index (χ1) is 9.33. The lowest BCUT2D eigenvalue weighted by atomic mass is 10.0. The number of halogens is 1. The van der Waals surface area contributed by atoms with Crippen LogP contribution in [0.25, 0.3) is 0 Å². The summed E-state index contributed by atoms with van der Waals surface area (Å²) >= 11 is 5.83. The van der Waals surface area contributed by atoms with Crippen LogP contribution in [0.3, 0.4) is 0 Å². The maximum absolute atomic E-state index is 5.83. The van der Waals surface area contributed by atoms with Crippen LogP contribution in [0.15, 0.2) is 30.6 Å². The van der Waals surface area contributed by atoms with Crippen LogP contribution in [0.2, 0.25) is 5.02 Å². The molecule has 0 aliphatic carbocycles. The largest absolute Gasteiger partial charge is 0.383 e. The van der Waals surface area contributed by atoms with E-state index in [1.165, 1.54) is 11.1 Å². The maximum Gasteiger partial charge on any atom is 0.0785 e. The Kier molecular flexibility index (Phi) is 3.71. The average Bonchev–Trinajstić information content (AvgIpc) is 2.85. The van der Waals surface area contributed by atoms with E-state index in [-0.39, 0.29) is 0 Å². The second-order valence-corrected chi connectivity index (χ2v) is 5.03. The molecule has 2 aromatic rings. The van der Waals surface area contributed by atoms with Crippen LogP contribution in [0.5, 0.6) is 0 Å². The van der Waals surface area contributed by atoms with Gasteiger partial charge in [0, 0.05) is 24.0 Å². The van der Waals surface area contributed by atoms with Gasteiger partial charge in [-0.3, -0.25) is 4.68 Å². The first kappa shape index (κ1) is 12.5. The molecule has 0 unspecified atom stereocenters. The van der Waals surface area contributed by atoms with Crippen molar-refractivity contribution < 1.29 is 4.74 Å². The molecule has 4 nitrogen and oxygen atoms in total. The van der Waals surface area contributed by atoms with E-state index in [4.69, 9.17) is 16.3 Å². The number of anilines is 1. The van der Waals surface area contributed by atoms with Crippen molar-refractivity contribution in [1.29, 1.82) is 0 Å². The molecule has 0 radical (unpaired) electrons. The number of benzene rings is 1. The van der Waals surface area contributed by atoms with Gasteiger partial charge < -0.3 is 10.1 Å². The number of hydrogen-bond acceptors (Lipinski definition) is 3. The first-order valence-corrected chi connectivity index (χ1v) is 6.81. The van der Waals surface area contributed by atoms with Gasteiger partial charge in [0.15, 0.2) is 0 Å². The van der Waals surface area contributed by atoms with Crippen LogP contribution in [0.4, 0.5) is 5.69 Å². The Labute approximate surface area is 117 Å². The van der Waals surface area contributed by atoms with E-state index in [2.05, 4.69) is 28.6 Å². The molecule has 100 valence electrons. The van der Waals surface area contributed by atoms with Crippen molar-refractivity contribution in [3.63, 3.8) is 0 Å². The van der Waals surface area contributed by atoms with Gasteiger partial charge in [0.2, 0.25) is 0 Å². The quantitative estimate of drug-likeness (QED) is 0.934. The van der Waals surface area contributed by atoms with Gasteiger partial charge in [-0.25, -0.2) is 0 Å². The van der Waals surface area contributed by atoms with Crippen LogP contribution in [0.1, 0.15) is 11.1 Å². The van der Waals surface area contributed by atoms with Gasteiger partial charge in [-0.15, -0.1) is 0 Å². The second kappa shape index (κ2) is 5.63. The molecule has 1 aromatic heterocycles. The van der Waals surface area contributed by atoms with Crippen LogP contribution >= 0.6 is 11.6 Å². The van der Waals surface area contributed by atoms with Gasteiger partial charge in [0.25, 0.3) is 0 Å². The number of aromatic nitrogens is 2. The molecule has 3 rings (SSSR count). The predicted octanol–water partition coefficient (Wildman–Crippen LogP) is 2.72. The lowest BCUT2D eigenvalue weighted by Crippen LogP contribution is -2.15. The molecule has 0 saturated carbocycles. The molecule has 0 saturated heterocycles. The molecule has 1 N–H and O–H groups in total. The van der Waals surface area contributed by atoms with Crippen LogP contribution in [-0.4, -0.2) is 22.9 Å². The topological polar surface area (TPSA) is 39.1 Å². The van der Waals surface area contributed by atoms with Gasteiger partial charge in [-0.1, -0.05) is 23.7 Å². The zero-order chi connectivity index (χ0) is 13.1. The van der Waals surface area contributed by atoms with Crippen molar-refractivity contribution in [1.82, 2.24) is 9.78 Å². The summed E-state index contributed by atoms with van der Waals surface area (Å²) < 4.78 is 7.36. The Hall–Kier alpha value is -1.52. The highest BCUT2D eigenvalue weighted by molar-refractivity contribution is 6.30. The third-order valence-electron chi connectivity index (χ3n) is 3.29. The van der Waals surface area contributed by atoms with E-state index < -0.39 is 0 Å². The molecule has 1 aliphatic rings. The predicted molar refractivity (Wildman–Crippen MR) is 75.5 cm³/mol. The van der Waals surface area contributed by atoms with E-state index in [1.54, 1.807) is 6.20 Å². The molecular formula is C14H16ClN3O. The normalized spacial score (nSPS) is 14.2. The highest BCUT2D eigenvalue weighted by Crippen LogP contribution is 2.24. The fourth-order valence-corrected chi connectivity index (χ4v) is 2.48. The molecule has 0 bridgehead atoms. The van der Waals surface area contributed by atoms with Crippen molar-refractivity contribution in [3.8, 4) is 0 Å². The molecule has 1 aliphatic heterocycles. The molecule has 0 atom stereocenters. The summed E-state index contributed by atoms with van der Waals surface area (Å²) in [6.45, 7) is 3.13. The Bertz CT molecular complexity index is 568. The molecule has 5 heteroatoms. The Morgan fingerprint density at radius 3 is 3.21 bits per heavy atom. The van der Waals surface area contributed by atoms with E-state index in [0.717, 1.165) is 31.8 Å². The average molecular weight is 278 g/mol. The molecular weight excluding hydrogens is 262 g/mol. The third kappa shape index (κ3) is 2.91.